The number of aromatic amines is 1. The van der Waals surface area contributed by atoms with Crippen molar-refractivity contribution in [1.29, 1.82) is 0 Å². The number of primary amides is 1. The Balaban J connectivity index is 2.26. The van der Waals surface area contributed by atoms with E-state index < -0.39 is 11.6 Å². The summed E-state index contributed by atoms with van der Waals surface area (Å²) in [6.45, 7) is 0. The van der Waals surface area contributed by atoms with Crippen molar-refractivity contribution < 1.29 is 4.79 Å². The molecule has 0 aliphatic rings. The second kappa shape index (κ2) is 5.84. The average molecular weight is 308 g/mol. The van der Waals surface area contributed by atoms with Gasteiger partial charge in [-0.2, -0.15) is 4.68 Å². The maximum atomic E-state index is 12.4. The van der Waals surface area contributed by atoms with Crippen LogP contribution in [0.15, 0.2) is 65.5 Å². The topological polar surface area (TPSA) is 107 Å². The number of carbonyl (C=O) groups is 1. The Hall–Kier alpha value is -3.28. The molecule has 1 heterocycles. The first-order chi connectivity index (χ1) is 11.1. The van der Waals surface area contributed by atoms with Crippen LogP contribution in [-0.2, 0) is 0 Å². The quantitative estimate of drug-likeness (QED) is 0.687. The molecule has 3 rings (SSSR count). The molecular weight excluding hydrogens is 292 g/mol. The summed E-state index contributed by atoms with van der Waals surface area (Å²) in [6.07, 6.45) is 0. The number of hydrogen-bond acceptors (Lipinski definition) is 3. The van der Waals surface area contributed by atoms with Gasteiger partial charge in [-0.1, -0.05) is 60.7 Å². The van der Waals surface area contributed by atoms with Crippen LogP contribution in [0.5, 0.6) is 0 Å². The Labute approximate surface area is 132 Å². The Morgan fingerprint density at radius 2 is 1.43 bits per heavy atom. The molecule has 3 aromatic rings. The molecule has 0 aliphatic carbocycles. The second-order valence-electron chi connectivity index (χ2n) is 5.17. The summed E-state index contributed by atoms with van der Waals surface area (Å²) >= 11 is 0. The zero-order valence-electron chi connectivity index (χ0n) is 12.3. The SMILES string of the molecule is NC(=O)n1[nH]c(=O)c(C(c2ccccc2)c2ccccc2)c1N. The lowest BCUT2D eigenvalue weighted by Crippen LogP contribution is -2.23. The minimum atomic E-state index is -0.828. The van der Waals surface area contributed by atoms with Gasteiger partial charge in [0.2, 0.25) is 0 Å². The Morgan fingerprint density at radius 1 is 0.957 bits per heavy atom. The lowest BCUT2D eigenvalue weighted by atomic mass is 9.86. The standard InChI is InChI=1S/C17H16N4O2/c18-15-14(16(22)20-21(15)17(19)23)13(11-7-3-1-4-8-11)12-9-5-2-6-10-12/h1-10,13H,18H2,(H2,19,23)(H,20,22). The lowest BCUT2D eigenvalue weighted by molar-refractivity contribution is 0.248. The third-order valence-corrected chi connectivity index (χ3v) is 3.75. The van der Waals surface area contributed by atoms with Crippen molar-refractivity contribution in [2.24, 2.45) is 5.73 Å². The molecule has 0 bridgehead atoms. The average Bonchev–Trinajstić information content (AvgIpc) is 2.86. The van der Waals surface area contributed by atoms with E-state index >= 15 is 0 Å². The zero-order chi connectivity index (χ0) is 16.4. The van der Waals surface area contributed by atoms with Gasteiger partial charge in [0.1, 0.15) is 5.82 Å². The van der Waals surface area contributed by atoms with E-state index in [1.54, 1.807) is 0 Å². The van der Waals surface area contributed by atoms with Gasteiger partial charge in [0, 0.05) is 5.92 Å². The number of hydrogen-bond donors (Lipinski definition) is 3. The van der Waals surface area contributed by atoms with E-state index in [1.807, 2.05) is 60.7 Å². The maximum Gasteiger partial charge on any atom is 0.339 e. The summed E-state index contributed by atoms with van der Waals surface area (Å²) in [6, 6.07) is 18.2. The Bertz CT molecular complexity index is 842. The van der Waals surface area contributed by atoms with Crippen molar-refractivity contribution >= 4 is 11.8 Å². The van der Waals surface area contributed by atoms with Gasteiger partial charge in [-0.25, -0.2) is 4.79 Å². The van der Waals surface area contributed by atoms with Gasteiger partial charge in [-0.05, 0) is 11.1 Å². The van der Waals surface area contributed by atoms with E-state index in [9.17, 15) is 9.59 Å². The molecule has 1 aromatic heterocycles. The molecule has 0 saturated carbocycles. The smallest absolute Gasteiger partial charge is 0.339 e. The molecule has 6 heteroatoms. The number of amides is 1. The van der Waals surface area contributed by atoms with Crippen LogP contribution in [0.25, 0.3) is 0 Å². The molecule has 0 fully saturated rings. The van der Waals surface area contributed by atoms with Gasteiger partial charge < -0.3 is 11.5 Å². The van der Waals surface area contributed by atoms with Gasteiger partial charge in [-0.15, -0.1) is 0 Å². The van der Waals surface area contributed by atoms with E-state index in [-0.39, 0.29) is 11.7 Å². The van der Waals surface area contributed by atoms with Gasteiger partial charge in [-0.3, -0.25) is 9.89 Å². The summed E-state index contributed by atoms with van der Waals surface area (Å²) in [5.41, 5.74) is 12.9. The van der Waals surface area contributed by atoms with Crippen LogP contribution < -0.4 is 17.0 Å². The summed E-state index contributed by atoms with van der Waals surface area (Å²) < 4.78 is 0.872. The fourth-order valence-electron chi connectivity index (χ4n) is 2.73. The molecule has 6 nitrogen and oxygen atoms in total. The first kappa shape index (κ1) is 14.6. The molecule has 0 saturated heterocycles. The molecule has 0 radical (unpaired) electrons. The highest BCUT2D eigenvalue weighted by molar-refractivity contribution is 5.78. The van der Waals surface area contributed by atoms with E-state index in [4.69, 9.17) is 11.5 Å². The molecular formula is C17H16N4O2. The first-order valence-electron chi connectivity index (χ1n) is 7.09. The largest absolute Gasteiger partial charge is 0.383 e. The van der Waals surface area contributed by atoms with Gasteiger partial charge in [0.05, 0.1) is 5.56 Å². The van der Waals surface area contributed by atoms with Crippen LogP contribution in [0.4, 0.5) is 10.6 Å². The number of benzene rings is 2. The molecule has 0 spiro atoms. The van der Waals surface area contributed by atoms with Crippen LogP contribution in [-0.4, -0.2) is 15.8 Å². The van der Waals surface area contributed by atoms with Crippen molar-refractivity contribution in [1.82, 2.24) is 9.78 Å². The lowest BCUT2D eigenvalue weighted by Gasteiger charge is -2.17. The molecule has 0 atom stereocenters. The van der Waals surface area contributed by atoms with E-state index in [0.717, 1.165) is 15.8 Å². The molecule has 23 heavy (non-hydrogen) atoms. The number of aromatic nitrogens is 2. The second-order valence-corrected chi connectivity index (χ2v) is 5.17. The minimum absolute atomic E-state index is 0.0280. The first-order valence-corrected chi connectivity index (χ1v) is 7.09. The molecule has 5 N–H and O–H groups in total. The van der Waals surface area contributed by atoms with Crippen LogP contribution >= 0.6 is 0 Å². The highest BCUT2D eigenvalue weighted by Crippen LogP contribution is 2.32. The highest BCUT2D eigenvalue weighted by atomic mass is 16.2. The number of nitrogens with zero attached hydrogens (tertiary/aromatic N) is 1. The fourth-order valence-corrected chi connectivity index (χ4v) is 2.73. The third-order valence-electron chi connectivity index (χ3n) is 3.75. The van der Waals surface area contributed by atoms with Crippen LogP contribution in [0.1, 0.15) is 22.6 Å². The number of anilines is 1. The number of nitrogen functional groups attached to an aromatic ring is 1. The predicted molar refractivity (Wildman–Crippen MR) is 88.3 cm³/mol. The van der Waals surface area contributed by atoms with Crippen LogP contribution in [0, 0.1) is 0 Å². The molecule has 116 valence electrons. The normalized spacial score (nSPS) is 10.8. The third kappa shape index (κ3) is 2.62. The monoisotopic (exact) mass is 308 g/mol. The van der Waals surface area contributed by atoms with Crippen molar-refractivity contribution in [2.75, 3.05) is 5.73 Å². The maximum absolute atomic E-state index is 12.4. The molecule has 0 aliphatic heterocycles. The van der Waals surface area contributed by atoms with Gasteiger partial charge >= 0.3 is 6.03 Å². The van der Waals surface area contributed by atoms with Crippen LogP contribution in [0.2, 0.25) is 0 Å². The predicted octanol–water partition coefficient (Wildman–Crippen LogP) is 1.87. The number of nitrogens with two attached hydrogens (primary N) is 2. The van der Waals surface area contributed by atoms with Crippen molar-refractivity contribution in [3.05, 3.63) is 87.7 Å². The van der Waals surface area contributed by atoms with E-state index in [1.165, 1.54) is 0 Å². The number of rotatable bonds is 3. The Morgan fingerprint density at radius 3 is 1.83 bits per heavy atom. The fraction of sp³-hybridized carbons (Fsp3) is 0.0588. The molecule has 0 unspecified atom stereocenters. The summed E-state index contributed by atoms with van der Waals surface area (Å²) in [5, 5.41) is 2.39. The van der Waals surface area contributed by atoms with E-state index in [0.29, 0.717) is 5.56 Å². The van der Waals surface area contributed by atoms with Crippen molar-refractivity contribution in [3.8, 4) is 0 Å². The van der Waals surface area contributed by atoms with Gasteiger partial charge in [0.15, 0.2) is 0 Å². The number of nitrogens with one attached hydrogen (secondary N) is 1. The van der Waals surface area contributed by atoms with Crippen molar-refractivity contribution in [2.45, 2.75) is 5.92 Å². The zero-order valence-corrected chi connectivity index (χ0v) is 12.3. The minimum Gasteiger partial charge on any atom is -0.383 e. The van der Waals surface area contributed by atoms with Crippen LogP contribution in [0.3, 0.4) is 0 Å². The van der Waals surface area contributed by atoms with Crippen molar-refractivity contribution in [3.63, 3.8) is 0 Å². The Kier molecular flexibility index (Phi) is 3.72. The summed E-state index contributed by atoms with van der Waals surface area (Å²) in [7, 11) is 0. The molecule has 2 aromatic carbocycles. The number of H-pyrrole nitrogens is 1. The summed E-state index contributed by atoms with van der Waals surface area (Å²) in [4.78, 5) is 23.8. The molecule has 1 amide bonds. The highest BCUT2D eigenvalue weighted by Gasteiger charge is 2.26. The summed E-state index contributed by atoms with van der Waals surface area (Å²) in [5.74, 6) is -0.359. The van der Waals surface area contributed by atoms with E-state index in [2.05, 4.69) is 5.10 Å². The number of carbonyl (C=O) groups excluding carboxylic acids is 1. The van der Waals surface area contributed by atoms with Gasteiger partial charge in [0.25, 0.3) is 5.56 Å².